The van der Waals surface area contributed by atoms with Crippen LogP contribution in [0.5, 0.6) is 5.75 Å². The summed E-state index contributed by atoms with van der Waals surface area (Å²) in [6.07, 6.45) is 0.860. The zero-order chi connectivity index (χ0) is 13.5. The molecule has 0 aliphatic carbocycles. The first-order valence-electron chi connectivity index (χ1n) is 6.37. The Kier molecular flexibility index (Phi) is 7.05. The molecule has 0 spiro atoms. The van der Waals surface area contributed by atoms with Crippen molar-refractivity contribution < 1.29 is 9.13 Å². The summed E-state index contributed by atoms with van der Waals surface area (Å²) in [5.41, 5.74) is 1.86. The first-order chi connectivity index (χ1) is 9.31. The molecule has 2 nitrogen and oxygen atoms in total. The lowest BCUT2D eigenvalue weighted by Crippen LogP contribution is -2.17. The van der Waals surface area contributed by atoms with Crippen LogP contribution < -0.4 is 10.1 Å². The second-order valence-corrected chi connectivity index (χ2v) is 4.33. The van der Waals surface area contributed by atoms with Gasteiger partial charge in [-0.3, -0.25) is 0 Å². The van der Waals surface area contributed by atoms with E-state index >= 15 is 0 Å². The monoisotopic (exact) mass is 295 g/mol. The Bertz CT molecular complexity index is 533. The minimum atomic E-state index is -0.160. The van der Waals surface area contributed by atoms with Crippen molar-refractivity contribution in [1.29, 1.82) is 0 Å². The second kappa shape index (κ2) is 8.56. The largest absolute Gasteiger partial charge is 0.496 e. The van der Waals surface area contributed by atoms with Crippen LogP contribution in [0.1, 0.15) is 11.1 Å². The molecule has 0 unspecified atom stereocenters. The zero-order valence-corrected chi connectivity index (χ0v) is 12.3. The third-order valence-corrected chi connectivity index (χ3v) is 3.04. The summed E-state index contributed by atoms with van der Waals surface area (Å²) in [5, 5.41) is 3.25. The molecule has 0 fully saturated rings. The first-order valence-corrected chi connectivity index (χ1v) is 6.37. The minimum Gasteiger partial charge on any atom is -0.496 e. The first kappa shape index (κ1) is 16.5. The highest BCUT2D eigenvalue weighted by atomic mass is 35.5. The number of hydrogen-bond acceptors (Lipinski definition) is 2. The maximum absolute atomic E-state index is 13.4. The summed E-state index contributed by atoms with van der Waals surface area (Å²) < 4.78 is 18.7. The smallest absolute Gasteiger partial charge is 0.127 e. The minimum absolute atomic E-state index is 0. The molecule has 0 aromatic heterocycles. The second-order valence-electron chi connectivity index (χ2n) is 4.33. The molecule has 0 saturated carbocycles. The van der Waals surface area contributed by atoms with Crippen LogP contribution >= 0.6 is 12.4 Å². The SMILES string of the molecule is COc1ccccc1CCNCc1ccccc1F.Cl. The summed E-state index contributed by atoms with van der Waals surface area (Å²) in [4.78, 5) is 0. The van der Waals surface area contributed by atoms with Gasteiger partial charge in [0, 0.05) is 12.1 Å². The standard InChI is InChI=1S/C16H18FNO.ClH/c1-19-16-9-5-3-6-13(16)10-11-18-12-14-7-2-4-8-15(14)17;/h2-9,18H,10-12H2,1H3;1H. The lowest BCUT2D eigenvalue weighted by molar-refractivity contribution is 0.409. The van der Waals surface area contributed by atoms with E-state index in [0.717, 1.165) is 24.3 Å². The number of methoxy groups -OCH3 is 1. The maximum atomic E-state index is 13.4. The molecule has 0 atom stereocenters. The fraction of sp³-hybridized carbons (Fsp3) is 0.250. The van der Waals surface area contributed by atoms with Crippen molar-refractivity contribution in [2.45, 2.75) is 13.0 Å². The summed E-state index contributed by atoms with van der Waals surface area (Å²) >= 11 is 0. The van der Waals surface area contributed by atoms with Gasteiger partial charge >= 0.3 is 0 Å². The Hall–Kier alpha value is -1.58. The van der Waals surface area contributed by atoms with Crippen LogP contribution in [0, 0.1) is 5.82 Å². The van der Waals surface area contributed by atoms with Gasteiger partial charge in [-0.25, -0.2) is 4.39 Å². The van der Waals surface area contributed by atoms with Crippen LogP contribution in [0.25, 0.3) is 0 Å². The third-order valence-electron chi connectivity index (χ3n) is 3.04. The molecule has 1 N–H and O–H groups in total. The Morgan fingerprint density at radius 1 is 1.00 bits per heavy atom. The predicted octanol–water partition coefficient (Wildman–Crippen LogP) is 3.59. The van der Waals surface area contributed by atoms with Gasteiger partial charge in [0.05, 0.1) is 7.11 Å². The van der Waals surface area contributed by atoms with Gasteiger partial charge in [-0.1, -0.05) is 36.4 Å². The van der Waals surface area contributed by atoms with E-state index < -0.39 is 0 Å². The molecule has 0 bridgehead atoms. The van der Waals surface area contributed by atoms with Gasteiger partial charge in [0.2, 0.25) is 0 Å². The van der Waals surface area contributed by atoms with E-state index in [-0.39, 0.29) is 18.2 Å². The summed E-state index contributed by atoms with van der Waals surface area (Å²) in [6, 6.07) is 14.8. The van der Waals surface area contributed by atoms with E-state index in [4.69, 9.17) is 4.74 Å². The van der Waals surface area contributed by atoms with Gasteiger partial charge in [-0.05, 0) is 30.7 Å². The molecule has 0 aliphatic heterocycles. The van der Waals surface area contributed by atoms with E-state index in [1.807, 2.05) is 30.3 Å². The van der Waals surface area contributed by atoms with Crippen molar-refractivity contribution in [3.05, 3.63) is 65.5 Å². The molecule has 4 heteroatoms. The molecule has 2 rings (SSSR count). The van der Waals surface area contributed by atoms with Crippen molar-refractivity contribution in [1.82, 2.24) is 5.32 Å². The molecule has 0 radical (unpaired) electrons. The lowest BCUT2D eigenvalue weighted by Gasteiger charge is -2.09. The fourth-order valence-electron chi connectivity index (χ4n) is 2.00. The number of ether oxygens (including phenoxy) is 1. The maximum Gasteiger partial charge on any atom is 0.127 e. The average molecular weight is 296 g/mol. The molecule has 2 aromatic carbocycles. The van der Waals surface area contributed by atoms with Crippen molar-refractivity contribution in [3.63, 3.8) is 0 Å². The van der Waals surface area contributed by atoms with Crippen LogP contribution in [0.4, 0.5) is 4.39 Å². The number of nitrogens with one attached hydrogen (secondary N) is 1. The Balaban J connectivity index is 0.00000200. The highest BCUT2D eigenvalue weighted by molar-refractivity contribution is 5.85. The topological polar surface area (TPSA) is 21.3 Å². The molecule has 0 amide bonds. The number of rotatable bonds is 6. The normalized spacial score (nSPS) is 9.90. The summed E-state index contributed by atoms with van der Waals surface area (Å²) in [6.45, 7) is 1.33. The number of para-hydroxylation sites is 1. The van der Waals surface area contributed by atoms with E-state index in [1.165, 1.54) is 6.07 Å². The quantitative estimate of drug-likeness (QED) is 0.822. The Labute approximate surface area is 125 Å². The molecule has 108 valence electrons. The van der Waals surface area contributed by atoms with Gasteiger partial charge in [0.25, 0.3) is 0 Å². The van der Waals surface area contributed by atoms with E-state index in [9.17, 15) is 4.39 Å². The fourth-order valence-corrected chi connectivity index (χ4v) is 2.00. The van der Waals surface area contributed by atoms with Crippen molar-refractivity contribution in [2.24, 2.45) is 0 Å². The van der Waals surface area contributed by atoms with Crippen LogP contribution in [-0.4, -0.2) is 13.7 Å². The van der Waals surface area contributed by atoms with Gasteiger partial charge in [-0.2, -0.15) is 0 Å². The lowest BCUT2D eigenvalue weighted by atomic mass is 10.1. The Morgan fingerprint density at radius 2 is 1.65 bits per heavy atom. The number of halogens is 2. The van der Waals surface area contributed by atoms with Crippen LogP contribution in [-0.2, 0) is 13.0 Å². The van der Waals surface area contributed by atoms with Gasteiger partial charge in [0.15, 0.2) is 0 Å². The van der Waals surface area contributed by atoms with Gasteiger partial charge < -0.3 is 10.1 Å². The molecule has 0 aliphatic rings. The van der Waals surface area contributed by atoms with Crippen molar-refractivity contribution in [2.75, 3.05) is 13.7 Å². The summed E-state index contributed by atoms with van der Waals surface area (Å²) in [5.74, 6) is 0.738. The van der Waals surface area contributed by atoms with E-state index in [1.54, 1.807) is 19.2 Å². The number of benzene rings is 2. The van der Waals surface area contributed by atoms with Crippen molar-refractivity contribution >= 4 is 12.4 Å². The highest BCUT2D eigenvalue weighted by Crippen LogP contribution is 2.17. The molecule has 0 saturated heterocycles. The molecular formula is C16H19ClFNO. The van der Waals surface area contributed by atoms with Crippen LogP contribution in [0.2, 0.25) is 0 Å². The van der Waals surface area contributed by atoms with Gasteiger partial charge in [0.1, 0.15) is 11.6 Å². The molecular weight excluding hydrogens is 277 g/mol. The van der Waals surface area contributed by atoms with Crippen LogP contribution in [0.15, 0.2) is 48.5 Å². The Morgan fingerprint density at radius 3 is 2.35 bits per heavy atom. The van der Waals surface area contributed by atoms with E-state index in [2.05, 4.69) is 5.32 Å². The molecule has 20 heavy (non-hydrogen) atoms. The third kappa shape index (κ3) is 4.51. The van der Waals surface area contributed by atoms with E-state index in [0.29, 0.717) is 12.1 Å². The zero-order valence-electron chi connectivity index (χ0n) is 11.4. The molecule has 2 aromatic rings. The van der Waals surface area contributed by atoms with Crippen molar-refractivity contribution in [3.8, 4) is 5.75 Å². The average Bonchev–Trinajstić information content (AvgIpc) is 2.45. The predicted molar refractivity (Wildman–Crippen MR) is 82.1 cm³/mol. The number of hydrogen-bond donors (Lipinski definition) is 1. The van der Waals surface area contributed by atoms with Crippen LogP contribution in [0.3, 0.4) is 0 Å². The highest BCUT2D eigenvalue weighted by Gasteiger charge is 2.02. The summed E-state index contributed by atoms with van der Waals surface area (Å²) in [7, 11) is 1.67. The van der Waals surface area contributed by atoms with Gasteiger partial charge in [-0.15, -0.1) is 12.4 Å². The molecule has 0 heterocycles.